The summed E-state index contributed by atoms with van der Waals surface area (Å²) >= 11 is 0. The second-order valence-electron chi connectivity index (χ2n) is 5.28. The average molecular weight is 221 g/mol. The highest BCUT2D eigenvalue weighted by Crippen LogP contribution is 2.40. The molecule has 0 radical (unpaired) electrons. The van der Waals surface area contributed by atoms with Crippen molar-refractivity contribution in [2.24, 2.45) is 5.92 Å². The standard InChI is InChI=1S/C13H19NO2/c1-13(2)9-10-5-3-4-6-11(10)14(13)8-7-12(15)16/h3-6,10-11H,7-9H2,1-2H3,(H,15,16). The molecule has 3 heteroatoms. The lowest BCUT2D eigenvalue weighted by molar-refractivity contribution is -0.137. The highest BCUT2D eigenvalue weighted by atomic mass is 16.4. The second kappa shape index (κ2) is 4.06. The summed E-state index contributed by atoms with van der Waals surface area (Å²) in [5.41, 5.74) is 0.101. The van der Waals surface area contributed by atoms with Crippen LogP contribution < -0.4 is 0 Å². The Bertz CT molecular complexity index is 344. The van der Waals surface area contributed by atoms with E-state index < -0.39 is 5.97 Å². The first-order valence-corrected chi connectivity index (χ1v) is 5.84. The highest BCUT2D eigenvalue weighted by molar-refractivity contribution is 5.66. The predicted octanol–water partition coefficient (Wildman–Crippen LogP) is 2.06. The zero-order valence-electron chi connectivity index (χ0n) is 9.89. The van der Waals surface area contributed by atoms with Crippen molar-refractivity contribution in [3.8, 4) is 0 Å². The number of hydrogen-bond donors (Lipinski definition) is 1. The van der Waals surface area contributed by atoms with Crippen LogP contribution in [-0.4, -0.2) is 34.1 Å². The molecule has 0 aromatic rings. The zero-order valence-corrected chi connectivity index (χ0v) is 9.89. The van der Waals surface area contributed by atoms with Gasteiger partial charge in [-0.05, 0) is 26.2 Å². The van der Waals surface area contributed by atoms with Crippen LogP contribution in [0.3, 0.4) is 0 Å². The Kier molecular flexibility index (Phi) is 2.89. The number of rotatable bonds is 3. The Hall–Kier alpha value is -1.09. The van der Waals surface area contributed by atoms with Crippen LogP contribution in [0.1, 0.15) is 26.7 Å². The fourth-order valence-corrected chi connectivity index (χ4v) is 2.93. The number of hydrogen-bond acceptors (Lipinski definition) is 2. The molecular weight excluding hydrogens is 202 g/mol. The molecule has 1 aliphatic heterocycles. The van der Waals surface area contributed by atoms with E-state index in [1.54, 1.807) is 0 Å². The van der Waals surface area contributed by atoms with Gasteiger partial charge in [-0.3, -0.25) is 9.69 Å². The highest BCUT2D eigenvalue weighted by Gasteiger charge is 2.43. The van der Waals surface area contributed by atoms with Crippen LogP contribution in [0, 0.1) is 5.92 Å². The third kappa shape index (κ3) is 2.05. The largest absolute Gasteiger partial charge is 0.481 e. The Morgan fingerprint density at radius 2 is 2.12 bits per heavy atom. The molecule has 0 spiro atoms. The van der Waals surface area contributed by atoms with Gasteiger partial charge < -0.3 is 5.11 Å². The number of carboxylic acids is 1. The summed E-state index contributed by atoms with van der Waals surface area (Å²) in [6.07, 6.45) is 9.94. The van der Waals surface area contributed by atoms with Gasteiger partial charge in [0.2, 0.25) is 0 Å². The maximum Gasteiger partial charge on any atom is 0.304 e. The molecule has 0 aromatic heterocycles. The van der Waals surface area contributed by atoms with Crippen LogP contribution >= 0.6 is 0 Å². The average Bonchev–Trinajstić information content (AvgIpc) is 2.44. The molecule has 2 aliphatic rings. The van der Waals surface area contributed by atoms with Crippen molar-refractivity contribution in [1.29, 1.82) is 0 Å². The maximum atomic E-state index is 10.7. The van der Waals surface area contributed by atoms with Crippen LogP contribution in [0.15, 0.2) is 24.3 Å². The third-order valence-electron chi connectivity index (χ3n) is 3.66. The summed E-state index contributed by atoms with van der Waals surface area (Å²) < 4.78 is 0. The minimum atomic E-state index is -0.713. The maximum absolute atomic E-state index is 10.7. The van der Waals surface area contributed by atoms with Crippen molar-refractivity contribution >= 4 is 5.97 Å². The van der Waals surface area contributed by atoms with Crippen LogP contribution in [0.5, 0.6) is 0 Å². The van der Waals surface area contributed by atoms with Gasteiger partial charge in [-0.2, -0.15) is 0 Å². The molecule has 88 valence electrons. The smallest absolute Gasteiger partial charge is 0.304 e. The SMILES string of the molecule is CC1(C)CC2C=CC=CC2N1CCC(=O)O. The van der Waals surface area contributed by atoms with Gasteiger partial charge >= 0.3 is 5.97 Å². The molecule has 2 rings (SSSR count). The van der Waals surface area contributed by atoms with Crippen LogP contribution in [0.4, 0.5) is 0 Å². The summed E-state index contributed by atoms with van der Waals surface area (Å²) in [4.78, 5) is 13.0. The molecule has 1 fully saturated rings. The van der Waals surface area contributed by atoms with E-state index in [0.29, 0.717) is 18.5 Å². The molecule has 0 saturated carbocycles. The first-order chi connectivity index (χ1) is 7.50. The minimum Gasteiger partial charge on any atom is -0.481 e. The van der Waals surface area contributed by atoms with Gasteiger partial charge in [-0.1, -0.05) is 24.3 Å². The molecule has 1 saturated heterocycles. The molecule has 0 amide bonds. The molecule has 1 N–H and O–H groups in total. The number of fused-ring (bicyclic) bond motifs is 1. The van der Waals surface area contributed by atoms with Crippen molar-refractivity contribution in [2.45, 2.75) is 38.3 Å². The van der Waals surface area contributed by atoms with Crippen LogP contribution in [-0.2, 0) is 4.79 Å². The fourth-order valence-electron chi connectivity index (χ4n) is 2.93. The fraction of sp³-hybridized carbons (Fsp3) is 0.615. The van der Waals surface area contributed by atoms with Gasteiger partial charge in [-0.25, -0.2) is 0 Å². The van der Waals surface area contributed by atoms with E-state index in [1.165, 1.54) is 0 Å². The molecule has 1 aliphatic carbocycles. The van der Waals surface area contributed by atoms with Crippen molar-refractivity contribution in [2.75, 3.05) is 6.54 Å². The number of nitrogens with zero attached hydrogens (tertiary/aromatic N) is 1. The molecule has 2 atom stereocenters. The normalized spacial score (nSPS) is 31.6. The monoisotopic (exact) mass is 221 g/mol. The third-order valence-corrected chi connectivity index (χ3v) is 3.66. The molecule has 0 bridgehead atoms. The lowest BCUT2D eigenvalue weighted by Gasteiger charge is -2.34. The van der Waals surface area contributed by atoms with E-state index in [2.05, 4.69) is 43.1 Å². The van der Waals surface area contributed by atoms with E-state index in [9.17, 15) is 4.79 Å². The Morgan fingerprint density at radius 1 is 1.44 bits per heavy atom. The Morgan fingerprint density at radius 3 is 2.81 bits per heavy atom. The predicted molar refractivity (Wildman–Crippen MR) is 63.2 cm³/mol. The number of likely N-dealkylation sites (tertiary alicyclic amines) is 1. The van der Waals surface area contributed by atoms with Gasteiger partial charge in [0.15, 0.2) is 0 Å². The first-order valence-electron chi connectivity index (χ1n) is 5.84. The summed E-state index contributed by atoms with van der Waals surface area (Å²) in [7, 11) is 0. The van der Waals surface area contributed by atoms with Crippen LogP contribution in [0.2, 0.25) is 0 Å². The van der Waals surface area contributed by atoms with Crippen molar-refractivity contribution in [1.82, 2.24) is 4.90 Å². The number of carbonyl (C=O) groups is 1. The Balaban J connectivity index is 2.11. The van der Waals surface area contributed by atoms with Gasteiger partial charge in [0.05, 0.1) is 6.42 Å². The lowest BCUT2D eigenvalue weighted by atomic mass is 9.92. The number of allylic oxidation sites excluding steroid dienone is 2. The summed E-state index contributed by atoms with van der Waals surface area (Å²) in [5, 5.41) is 8.78. The zero-order chi connectivity index (χ0) is 11.8. The van der Waals surface area contributed by atoms with E-state index in [0.717, 1.165) is 6.42 Å². The molecule has 0 aromatic carbocycles. The molecule has 1 heterocycles. The van der Waals surface area contributed by atoms with Gasteiger partial charge in [-0.15, -0.1) is 0 Å². The summed E-state index contributed by atoms with van der Waals surface area (Å²) in [5.74, 6) is -0.164. The molecule has 2 unspecified atom stereocenters. The van der Waals surface area contributed by atoms with Gasteiger partial charge in [0.25, 0.3) is 0 Å². The second-order valence-corrected chi connectivity index (χ2v) is 5.28. The quantitative estimate of drug-likeness (QED) is 0.793. The van der Waals surface area contributed by atoms with Gasteiger partial charge in [0.1, 0.15) is 0 Å². The molecular formula is C13H19NO2. The van der Waals surface area contributed by atoms with E-state index in [4.69, 9.17) is 5.11 Å². The van der Waals surface area contributed by atoms with E-state index >= 15 is 0 Å². The summed E-state index contributed by atoms with van der Waals surface area (Å²) in [6.45, 7) is 5.05. The summed E-state index contributed by atoms with van der Waals surface area (Å²) in [6, 6.07) is 0.388. The Labute approximate surface area is 96.4 Å². The lowest BCUT2D eigenvalue weighted by Crippen LogP contribution is -2.44. The van der Waals surface area contributed by atoms with E-state index in [-0.39, 0.29) is 12.0 Å². The van der Waals surface area contributed by atoms with E-state index in [1.807, 2.05) is 0 Å². The topological polar surface area (TPSA) is 40.5 Å². The van der Waals surface area contributed by atoms with Crippen molar-refractivity contribution in [3.63, 3.8) is 0 Å². The minimum absolute atomic E-state index is 0.101. The van der Waals surface area contributed by atoms with Crippen molar-refractivity contribution < 1.29 is 9.90 Å². The first kappa shape index (κ1) is 11.4. The van der Waals surface area contributed by atoms with Gasteiger partial charge in [0, 0.05) is 18.1 Å². The molecule has 16 heavy (non-hydrogen) atoms. The molecule has 3 nitrogen and oxygen atoms in total. The number of aliphatic carboxylic acids is 1. The van der Waals surface area contributed by atoms with Crippen LogP contribution in [0.25, 0.3) is 0 Å². The number of carboxylic acid groups (broad SMARTS) is 1. The van der Waals surface area contributed by atoms with Crippen molar-refractivity contribution in [3.05, 3.63) is 24.3 Å².